The first kappa shape index (κ1) is 16.5. The molecule has 2 rings (SSSR count). The maximum atomic E-state index is 12.4. The summed E-state index contributed by atoms with van der Waals surface area (Å²) in [6.07, 6.45) is 3.47. The summed E-state index contributed by atoms with van der Waals surface area (Å²) in [4.78, 5) is 0.358. The minimum Gasteiger partial charge on any atom is -0.310 e. The predicted molar refractivity (Wildman–Crippen MR) is 85.5 cm³/mol. The first-order chi connectivity index (χ1) is 9.88. The second-order valence-corrected chi connectivity index (χ2v) is 8.00. The molecule has 2 N–H and O–H groups in total. The predicted octanol–water partition coefficient (Wildman–Crippen LogP) is 2.65. The van der Waals surface area contributed by atoms with Crippen molar-refractivity contribution in [3.05, 3.63) is 29.8 Å². The van der Waals surface area contributed by atoms with E-state index in [9.17, 15) is 8.42 Å². The first-order valence-electron chi connectivity index (χ1n) is 7.73. The van der Waals surface area contributed by atoms with Crippen molar-refractivity contribution in [2.24, 2.45) is 5.92 Å². The molecule has 0 aliphatic heterocycles. The van der Waals surface area contributed by atoms with Gasteiger partial charge in [-0.05, 0) is 43.4 Å². The average molecular weight is 310 g/mol. The second-order valence-electron chi connectivity index (χ2n) is 6.28. The fraction of sp³-hybridized carbons (Fsp3) is 0.625. The van der Waals surface area contributed by atoms with Gasteiger partial charge in [-0.15, -0.1) is 0 Å². The Labute approximate surface area is 128 Å². The molecule has 1 aromatic rings. The van der Waals surface area contributed by atoms with Crippen LogP contribution in [0.5, 0.6) is 0 Å². The van der Waals surface area contributed by atoms with Crippen LogP contribution in [0.25, 0.3) is 0 Å². The third-order valence-corrected chi connectivity index (χ3v) is 5.68. The lowest BCUT2D eigenvalue weighted by atomic mass is 9.81. The van der Waals surface area contributed by atoms with E-state index in [1.807, 2.05) is 13.0 Å². The van der Waals surface area contributed by atoms with Crippen molar-refractivity contribution >= 4 is 10.0 Å². The molecule has 118 valence electrons. The number of hydrogen-bond donors (Lipinski definition) is 2. The van der Waals surface area contributed by atoms with Gasteiger partial charge in [0.25, 0.3) is 0 Å². The summed E-state index contributed by atoms with van der Waals surface area (Å²) >= 11 is 0. The van der Waals surface area contributed by atoms with Gasteiger partial charge in [0, 0.05) is 18.6 Å². The number of hydrogen-bond acceptors (Lipinski definition) is 3. The maximum Gasteiger partial charge on any atom is 0.240 e. The first-order valence-corrected chi connectivity index (χ1v) is 9.21. The van der Waals surface area contributed by atoms with Gasteiger partial charge in [-0.25, -0.2) is 13.1 Å². The van der Waals surface area contributed by atoms with Crippen molar-refractivity contribution in [3.8, 4) is 0 Å². The minimum absolute atomic E-state index is 0.0150. The van der Waals surface area contributed by atoms with E-state index < -0.39 is 10.0 Å². The minimum atomic E-state index is -3.42. The van der Waals surface area contributed by atoms with Crippen molar-refractivity contribution in [1.29, 1.82) is 0 Å². The lowest BCUT2D eigenvalue weighted by Gasteiger charge is -2.31. The molecule has 21 heavy (non-hydrogen) atoms. The van der Waals surface area contributed by atoms with Gasteiger partial charge >= 0.3 is 0 Å². The van der Waals surface area contributed by atoms with E-state index in [2.05, 4.69) is 23.9 Å². The van der Waals surface area contributed by atoms with Crippen LogP contribution in [0.2, 0.25) is 0 Å². The van der Waals surface area contributed by atoms with Crippen LogP contribution in [0.1, 0.15) is 45.6 Å². The van der Waals surface area contributed by atoms with Crippen LogP contribution in [0.4, 0.5) is 0 Å². The molecule has 1 aliphatic rings. The molecule has 4 nitrogen and oxygen atoms in total. The molecule has 5 heteroatoms. The van der Waals surface area contributed by atoms with Gasteiger partial charge in [0.2, 0.25) is 10.0 Å². The van der Waals surface area contributed by atoms with Crippen LogP contribution in [0.15, 0.2) is 29.2 Å². The summed E-state index contributed by atoms with van der Waals surface area (Å²) in [6.45, 7) is 6.79. The van der Waals surface area contributed by atoms with E-state index in [1.54, 1.807) is 18.2 Å². The standard InChI is InChI=1S/C16H26N2O2S/c1-12(2)17-11-14-6-4-9-16(10-14)21(19,20)18-13(3)15-7-5-8-15/h4,6,9-10,12-13,15,17-18H,5,7-8,11H2,1-3H3. The van der Waals surface area contributed by atoms with Gasteiger partial charge in [0.05, 0.1) is 4.90 Å². The van der Waals surface area contributed by atoms with Crippen molar-refractivity contribution in [3.63, 3.8) is 0 Å². The quantitative estimate of drug-likeness (QED) is 0.814. The molecule has 0 spiro atoms. The van der Waals surface area contributed by atoms with Gasteiger partial charge in [-0.3, -0.25) is 0 Å². The molecule has 1 fully saturated rings. The lowest BCUT2D eigenvalue weighted by Crippen LogP contribution is -2.40. The van der Waals surface area contributed by atoms with Gasteiger partial charge in [0.15, 0.2) is 0 Å². The molecule has 0 saturated heterocycles. The summed E-state index contributed by atoms with van der Waals surface area (Å²) < 4.78 is 27.7. The number of sulfonamides is 1. The van der Waals surface area contributed by atoms with Crippen molar-refractivity contribution in [2.75, 3.05) is 0 Å². The third-order valence-electron chi connectivity index (χ3n) is 4.12. The lowest BCUT2D eigenvalue weighted by molar-refractivity contribution is 0.260. The van der Waals surface area contributed by atoms with Crippen molar-refractivity contribution in [2.45, 2.75) is 63.6 Å². The normalized spacial score (nSPS) is 17.7. The van der Waals surface area contributed by atoms with Gasteiger partial charge in [-0.2, -0.15) is 0 Å². The smallest absolute Gasteiger partial charge is 0.240 e. The van der Waals surface area contributed by atoms with Gasteiger partial charge < -0.3 is 5.32 Å². The Bertz CT molecular complexity index is 565. The largest absolute Gasteiger partial charge is 0.310 e. The maximum absolute atomic E-state index is 12.4. The Morgan fingerprint density at radius 3 is 2.52 bits per heavy atom. The SMILES string of the molecule is CC(C)NCc1cccc(S(=O)(=O)NC(C)C2CCC2)c1. The van der Waals surface area contributed by atoms with Crippen LogP contribution in [-0.4, -0.2) is 20.5 Å². The molecule has 0 radical (unpaired) electrons. The van der Waals surface area contributed by atoms with Crippen LogP contribution < -0.4 is 10.0 Å². The van der Waals surface area contributed by atoms with E-state index in [0.717, 1.165) is 18.4 Å². The molecule has 0 heterocycles. The molecule has 1 saturated carbocycles. The fourth-order valence-corrected chi connectivity index (χ4v) is 3.88. The summed E-state index contributed by atoms with van der Waals surface area (Å²) in [5.41, 5.74) is 0.989. The van der Waals surface area contributed by atoms with Gasteiger partial charge in [0.1, 0.15) is 0 Å². The molecule has 0 amide bonds. The van der Waals surface area contributed by atoms with E-state index in [4.69, 9.17) is 0 Å². The molecule has 0 aromatic heterocycles. The highest BCUT2D eigenvalue weighted by molar-refractivity contribution is 7.89. The Morgan fingerprint density at radius 1 is 1.24 bits per heavy atom. The average Bonchev–Trinajstić information content (AvgIpc) is 2.34. The highest BCUT2D eigenvalue weighted by atomic mass is 32.2. The zero-order valence-electron chi connectivity index (χ0n) is 13.1. The summed E-state index contributed by atoms with van der Waals surface area (Å²) in [7, 11) is -3.42. The van der Waals surface area contributed by atoms with Crippen LogP contribution in [0, 0.1) is 5.92 Å². The zero-order chi connectivity index (χ0) is 15.5. The van der Waals surface area contributed by atoms with Crippen molar-refractivity contribution < 1.29 is 8.42 Å². The summed E-state index contributed by atoms with van der Waals surface area (Å²) in [6, 6.07) is 7.56. The summed E-state index contributed by atoms with van der Waals surface area (Å²) in [5, 5.41) is 3.30. The highest BCUT2D eigenvalue weighted by Crippen LogP contribution is 2.30. The van der Waals surface area contributed by atoms with Crippen LogP contribution in [-0.2, 0) is 16.6 Å². The molecule has 1 aliphatic carbocycles. The van der Waals surface area contributed by atoms with E-state index in [1.165, 1.54) is 6.42 Å². The molecule has 1 atom stereocenters. The molecule has 1 unspecified atom stereocenters. The van der Waals surface area contributed by atoms with Gasteiger partial charge in [-0.1, -0.05) is 32.4 Å². The molecular formula is C16H26N2O2S. The fourth-order valence-electron chi connectivity index (χ4n) is 2.49. The molecule has 0 bridgehead atoms. The zero-order valence-corrected chi connectivity index (χ0v) is 13.9. The monoisotopic (exact) mass is 310 g/mol. The number of nitrogens with one attached hydrogen (secondary N) is 2. The van der Waals surface area contributed by atoms with E-state index in [-0.39, 0.29) is 6.04 Å². The second kappa shape index (κ2) is 6.90. The summed E-state index contributed by atoms with van der Waals surface area (Å²) in [5.74, 6) is 0.491. The Morgan fingerprint density at radius 2 is 1.95 bits per heavy atom. The molecule has 1 aromatic carbocycles. The topological polar surface area (TPSA) is 58.2 Å². The number of rotatable bonds is 7. The molecular weight excluding hydrogens is 284 g/mol. The Kier molecular flexibility index (Phi) is 5.41. The Hall–Kier alpha value is -0.910. The van der Waals surface area contributed by atoms with E-state index in [0.29, 0.717) is 23.4 Å². The Balaban J connectivity index is 2.06. The number of benzene rings is 1. The van der Waals surface area contributed by atoms with E-state index >= 15 is 0 Å². The van der Waals surface area contributed by atoms with Crippen LogP contribution in [0.3, 0.4) is 0 Å². The van der Waals surface area contributed by atoms with Crippen LogP contribution >= 0.6 is 0 Å². The third kappa shape index (κ3) is 4.53. The van der Waals surface area contributed by atoms with Crippen molar-refractivity contribution in [1.82, 2.24) is 10.0 Å². The highest BCUT2D eigenvalue weighted by Gasteiger charge is 2.27.